The van der Waals surface area contributed by atoms with Crippen molar-refractivity contribution < 1.29 is 14.3 Å². The molecule has 0 bridgehead atoms. The van der Waals surface area contributed by atoms with Gasteiger partial charge in [-0.25, -0.2) is 0 Å². The lowest BCUT2D eigenvalue weighted by Gasteiger charge is -2.41. The van der Waals surface area contributed by atoms with Crippen LogP contribution in [0.15, 0.2) is 11.6 Å². The van der Waals surface area contributed by atoms with E-state index in [0.29, 0.717) is 19.6 Å². The molecule has 1 saturated heterocycles. The topological polar surface area (TPSA) is 35.5 Å². The largest absolute Gasteiger partial charge is 0.347 e. The van der Waals surface area contributed by atoms with Gasteiger partial charge in [0, 0.05) is 18.3 Å². The highest BCUT2D eigenvalue weighted by Gasteiger charge is 2.59. The summed E-state index contributed by atoms with van der Waals surface area (Å²) in [6, 6.07) is 0. The van der Waals surface area contributed by atoms with Crippen molar-refractivity contribution in [2.75, 3.05) is 13.2 Å². The third-order valence-corrected chi connectivity index (χ3v) is 4.23. The van der Waals surface area contributed by atoms with Crippen LogP contribution in [0.4, 0.5) is 0 Å². The molecule has 3 nitrogen and oxygen atoms in total. The monoisotopic (exact) mass is 208 g/mol. The number of ketones is 1. The molecule has 1 saturated carbocycles. The molecule has 1 heterocycles. The molecule has 0 radical (unpaired) electrons. The van der Waals surface area contributed by atoms with Crippen molar-refractivity contribution in [3.63, 3.8) is 0 Å². The molecule has 2 aliphatic carbocycles. The Bertz CT molecular complexity index is 339. The van der Waals surface area contributed by atoms with Crippen LogP contribution in [0.3, 0.4) is 0 Å². The second-order valence-electron chi connectivity index (χ2n) is 4.92. The second kappa shape index (κ2) is 2.92. The molecule has 1 spiro atoms. The molecule has 3 aliphatic rings. The van der Waals surface area contributed by atoms with Gasteiger partial charge < -0.3 is 9.47 Å². The van der Waals surface area contributed by atoms with Gasteiger partial charge in [0.1, 0.15) is 0 Å². The van der Waals surface area contributed by atoms with E-state index in [1.54, 1.807) is 0 Å². The highest BCUT2D eigenvalue weighted by Crippen LogP contribution is 2.58. The first-order valence-electron chi connectivity index (χ1n) is 5.68. The molecule has 0 amide bonds. The van der Waals surface area contributed by atoms with Crippen LogP contribution in [-0.4, -0.2) is 24.8 Å². The smallest absolute Gasteiger partial charge is 0.177 e. The summed E-state index contributed by atoms with van der Waals surface area (Å²) >= 11 is 0. The summed E-state index contributed by atoms with van der Waals surface area (Å²) in [6.07, 6.45) is 5.18. The highest BCUT2D eigenvalue weighted by molar-refractivity contribution is 5.91. The predicted molar refractivity (Wildman–Crippen MR) is 54.3 cm³/mol. The maximum absolute atomic E-state index is 11.4. The van der Waals surface area contributed by atoms with Crippen molar-refractivity contribution in [1.82, 2.24) is 0 Å². The first-order chi connectivity index (χ1) is 7.16. The van der Waals surface area contributed by atoms with E-state index in [2.05, 4.69) is 6.92 Å². The second-order valence-corrected chi connectivity index (χ2v) is 4.92. The van der Waals surface area contributed by atoms with Gasteiger partial charge in [-0.2, -0.15) is 0 Å². The molecule has 82 valence electrons. The van der Waals surface area contributed by atoms with Crippen LogP contribution >= 0.6 is 0 Å². The normalized spacial score (nSPS) is 38.2. The van der Waals surface area contributed by atoms with Crippen LogP contribution in [0.1, 0.15) is 32.6 Å². The Labute approximate surface area is 89.4 Å². The Morgan fingerprint density at radius 1 is 1.20 bits per heavy atom. The van der Waals surface area contributed by atoms with Crippen molar-refractivity contribution in [2.45, 2.75) is 38.4 Å². The van der Waals surface area contributed by atoms with Crippen LogP contribution in [0.25, 0.3) is 0 Å². The molecule has 15 heavy (non-hydrogen) atoms. The lowest BCUT2D eigenvalue weighted by molar-refractivity contribution is -0.211. The Kier molecular flexibility index (Phi) is 1.86. The number of carbonyl (C=O) groups excluding carboxylic acids is 1. The molecule has 0 N–H and O–H groups in total. The zero-order valence-corrected chi connectivity index (χ0v) is 9.04. The van der Waals surface area contributed by atoms with Gasteiger partial charge in [0.25, 0.3) is 0 Å². The van der Waals surface area contributed by atoms with Gasteiger partial charge in [-0.05, 0) is 18.9 Å². The minimum atomic E-state index is -0.417. The molecule has 3 heteroatoms. The van der Waals surface area contributed by atoms with Crippen LogP contribution < -0.4 is 0 Å². The lowest BCUT2D eigenvalue weighted by Crippen LogP contribution is -2.45. The Balaban J connectivity index is 2.03. The maximum Gasteiger partial charge on any atom is 0.177 e. The molecule has 0 aromatic carbocycles. The SMILES string of the molecule is CC12CCC(=O)C=C1CCC21OCCO1. The Hall–Kier alpha value is -0.670. The first-order valence-corrected chi connectivity index (χ1v) is 5.68. The molecule has 0 aromatic heterocycles. The Morgan fingerprint density at radius 3 is 2.67 bits per heavy atom. The van der Waals surface area contributed by atoms with Gasteiger partial charge in [-0.3, -0.25) is 4.79 Å². The summed E-state index contributed by atoms with van der Waals surface area (Å²) in [4.78, 5) is 11.4. The summed E-state index contributed by atoms with van der Waals surface area (Å²) in [5.41, 5.74) is 1.18. The number of hydrogen-bond donors (Lipinski definition) is 0. The minimum Gasteiger partial charge on any atom is -0.347 e. The maximum atomic E-state index is 11.4. The number of rotatable bonds is 0. The van der Waals surface area contributed by atoms with Crippen LogP contribution in [0, 0.1) is 5.41 Å². The summed E-state index contributed by atoms with van der Waals surface area (Å²) in [7, 11) is 0. The van der Waals surface area contributed by atoms with Crippen LogP contribution in [0.2, 0.25) is 0 Å². The number of fused-ring (bicyclic) bond motifs is 2. The fraction of sp³-hybridized carbons (Fsp3) is 0.750. The first kappa shape index (κ1) is 9.55. The van der Waals surface area contributed by atoms with E-state index >= 15 is 0 Å². The zero-order valence-electron chi connectivity index (χ0n) is 9.04. The molecular formula is C12H16O3. The van der Waals surface area contributed by atoms with Crippen LogP contribution in [0.5, 0.6) is 0 Å². The highest BCUT2D eigenvalue weighted by atomic mass is 16.7. The van der Waals surface area contributed by atoms with Gasteiger partial charge in [0.15, 0.2) is 11.6 Å². The predicted octanol–water partition coefficient (Wildman–Crippen LogP) is 1.82. The Morgan fingerprint density at radius 2 is 1.93 bits per heavy atom. The third-order valence-electron chi connectivity index (χ3n) is 4.23. The van der Waals surface area contributed by atoms with Crippen LogP contribution in [-0.2, 0) is 14.3 Å². The molecule has 0 aromatic rings. The molecule has 2 fully saturated rings. The fourth-order valence-corrected chi connectivity index (χ4v) is 3.24. The van der Waals surface area contributed by atoms with E-state index in [0.717, 1.165) is 19.3 Å². The van der Waals surface area contributed by atoms with E-state index in [9.17, 15) is 4.79 Å². The average Bonchev–Trinajstić information content (AvgIpc) is 2.78. The van der Waals surface area contributed by atoms with Gasteiger partial charge >= 0.3 is 0 Å². The van der Waals surface area contributed by atoms with E-state index < -0.39 is 5.79 Å². The van der Waals surface area contributed by atoms with Crippen molar-refractivity contribution in [3.05, 3.63) is 11.6 Å². The fourth-order valence-electron chi connectivity index (χ4n) is 3.24. The number of hydrogen-bond acceptors (Lipinski definition) is 3. The van der Waals surface area contributed by atoms with Crippen molar-refractivity contribution in [1.29, 1.82) is 0 Å². The summed E-state index contributed by atoms with van der Waals surface area (Å²) in [6.45, 7) is 3.57. The molecule has 1 atom stereocenters. The van der Waals surface area contributed by atoms with Gasteiger partial charge in [-0.15, -0.1) is 0 Å². The van der Waals surface area contributed by atoms with Crippen molar-refractivity contribution >= 4 is 5.78 Å². The third kappa shape index (κ3) is 1.11. The zero-order chi connectivity index (χ0) is 10.5. The number of ether oxygens (including phenoxy) is 2. The average molecular weight is 208 g/mol. The molecule has 1 unspecified atom stereocenters. The van der Waals surface area contributed by atoms with Gasteiger partial charge in [-0.1, -0.05) is 12.5 Å². The van der Waals surface area contributed by atoms with Gasteiger partial charge in [0.05, 0.1) is 13.2 Å². The molecular weight excluding hydrogens is 192 g/mol. The molecule has 3 rings (SSSR count). The summed E-state index contributed by atoms with van der Waals surface area (Å²) < 4.78 is 11.7. The van der Waals surface area contributed by atoms with E-state index in [1.165, 1.54) is 5.57 Å². The number of allylic oxidation sites excluding steroid dienone is 1. The quantitative estimate of drug-likeness (QED) is 0.609. The summed E-state index contributed by atoms with van der Waals surface area (Å²) in [5, 5.41) is 0. The van der Waals surface area contributed by atoms with E-state index in [4.69, 9.17) is 9.47 Å². The van der Waals surface area contributed by atoms with E-state index in [1.807, 2.05) is 6.08 Å². The van der Waals surface area contributed by atoms with Crippen molar-refractivity contribution in [2.24, 2.45) is 5.41 Å². The van der Waals surface area contributed by atoms with E-state index in [-0.39, 0.29) is 11.2 Å². The van der Waals surface area contributed by atoms with Gasteiger partial charge in [0.2, 0.25) is 0 Å². The standard InChI is InChI=1S/C12H16O3/c1-11-4-3-10(13)8-9(11)2-5-12(11)14-6-7-15-12/h8H,2-7H2,1H3. The van der Waals surface area contributed by atoms with Crippen molar-refractivity contribution in [3.8, 4) is 0 Å². The summed E-state index contributed by atoms with van der Waals surface area (Å²) in [5.74, 6) is -0.156. The minimum absolute atomic E-state index is 0.0581. The molecule has 1 aliphatic heterocycles. The number of carbonyl (C=O) groups is 1. The lowest BCUT2D eigenvalue weighted by atomic mass is 9.72.